The van der Waals surface area contributed by atoms with Crippen LogP contribution < -0.4 is 0 Å². The van der Waals surface area contributed by atoms with Crippen LogP contribution in [0, 0.1) is 12.5 Å². The van der Waals surface area contributed by atoms with Crippen molar-refractivity contribution >= 4 is 5.84 Å². The van der Waals surface area contributed by atoms with Gasteiger partial charge in [0.2, 0.25) is 0 Å². The molecule has 0 unspecified atom stereocenters. The molecule has 0 aromatic heterocycles. The van der Waals surface area contributed by atoms with E-state index in [9.17, 15) is 0 Å². The van der Waals surface area contributed by atoms with Gasteiger partial charge in [0.25, 0.3) is 0 Å². The molecule has 0 heterocycles. The van der Waals surface area contributed by atoms with E-state index in [4.69, 9.17) is 6.42 Å². The van der Waals surface area contributed by atoms with Gasteiger partial charge in [-0.1, -0.05) is 6.42 Å². The number of amidine groups is 1. The molecule has 0 aliphatic carbocycles. The molecule has 11 heavy (non-hydrogen) atoms. The average molecular weight is 152 g/mol. The highest BCUT2D eigenvalue weighted by molar-refractivity contribution is 5.81. The Morgan fingerprint density at radius 1 is 1.45 bits per heavy atom. The molecule has 0 rings (SSSR count). The maximum absolute atomic E-state index is 5.33. The Balaban J connectivity index is 4.60. The molecule has 0 N–H and O–H groups in total. The normalized spacial score (nSPS) is 12.5. The lowest BCUT2D eigenvalue weighted by molar-refractivity contribution is 0.326. The van der Waals surface area contributed by atoms with Crippen LogP contribution in [-0.2, 0) is 0 Å². The molecule has 0 aromatic carbocycles. The Kier molecular flexibility index (Phi) is 3.13. The van der Waals surface area contributed by atoms with Crippen molar-refractivity contribution in [2.75, 3.05) is 7.05 Å². The summed E-state index contributed by atoms with van der Waals surface area (Å²) in [6.45, 7) is 8.08. The molecule has 0 fully saturated rings. The van der Waals surface area contributed by atoms with Crippen molar-refractivity contribution in [2.45, 2.75) is 33.2 Å². The van der Waals surface area contributed by atoms with Gasteiger partial charge in [-0.15, -0.1) is 0 Å². The van der Waals surface area contributed by atoms with Gasteiger partial charge in [0.05, 0.1) is 0 Å². The zero-order chi connectivity index (χ0) is 9.07. The van der Waals surface area contributed by atoms with Crippen LogP contribution in [-0.4, -0.2) is 23.3 Å². The van der Waals surface area contributed by atoms with Gasteiger partial charge in [-0.3, -0.25) is 9.89 Å². The second-order valence-electron chi connectivity index (χ2n) is 3.41. The van der Waals surface area contributed by atoms with E-state index in [0.717, 1.165) is 5.84 Å². The number of hydrogen-bond acceptors (Lipinski definition) is 1. The van der Waals surface area contributed by atoms with Crippen LogP contribution in [0.15, 0.2) is 4.99 Å². The van der Waals surface area contributed by atoms with E-state index in [1.165, 1.54) is 0 Å². The molecule has 0 aliphatic rings. The third kappa shape index (κ3) is 2.63. The Bertz CT molecular complexity index is 191. The molecule has 2 nitrogen and oxygen atoms in total. The quantitative estimate of drug-likeness (QED) is 0.223. The zero-order valence-electron chi connectivity index (χ0n) is 7.97. The average Bonchev–Trinajstić information content (AvgIpc) is 1.86. The Hall–Kier alpha value is -0.970. The maximum atomic E-state index is 5.33. The van der Waals surface area contributed by atoms with Crippen molar-refractivity contribution in [1.29, 1.82) is 0 Å². The van der Waals surface area contributed by atoms with Crippen molar-refractivity contribution in [3.8, 4) is 12.5 Å². The summed E-state index contributed by atoms with van der Waals surface area (Å²) in [5.74, 6) is 0.875. The van der Waals surface area contributed by atoms with E-state index < -0.39 is 0 Å². The van der Waals surface area contributed by atoms with E-state index in [1.54, 1.807) is 7.05 Å². The standard InChI is InChI=1S/C9H16N2/c1-7-11(8(2)10-6)9(3,4)5/h1H,2-6H3. The van der Waals surface area contributed by atoms with E-state index in [1.807, 2.05) is 11.8 Å². The molecule has 0 saturated carbocycles. The second kappa shape index (κ2) is 3.43. The molecule has 0 bridgehead atoms. The lowest BCUT2D eigenvalue weighted by Crippen LogP contribution is -2.40. The highest BCUT2D eigenvalue weighted by atomic mass is 15.2. The van der Waals surface area contributed by atoms with Crippen LogP contribution in [0.5, 0.6) is 0 Å². The fourth-order valence-corrected chi connectivity index (χ4v) is 0.872. The minimum Gasteiger partial charge on any atom is -0.285 e. The summed E-state index contributed by atoms with van der Waals surface area (Å²) in [6.07, 6.45) is 5.33. The van der Waals surface area contributed by atoms with E-state index in [0.29, 0.717) is 0 Å². The first-order chi connectivity index (χ1) is 4.93. The molecular weight excluding hydrogens is 136 g/mol. The number of nitrogens with zero attached hydrogens (tertiary/aromatic N) is 2. The van der Waals surface area contributed by atoms with Gasteiger partial charge in [-0.05, 0) is 27.7 Å². The summed E-state index contributed by atoms with van der Waals surface area (Å²) in [6, 6.07) is 2.60. The van der Waals surface area contributed by atoms with Crippen LogP contribution in [0.25, 0.3) is 0 Å². The van der Waals surface area contributed by atoms with Crippen molar-refractivity contribution in [1.82, 2.24) is 4.90 Å². The van der Waals surface area contributed by atoms with E-state index in [2.05, 4.69) is 31.8 Å². The topological polar surface area (TPSA) is 15.6 Å². The van der Waals surface area contributed by atoms with Crippen LogP contribution in [0.3, 0.4) is 0 Å². The van der Waals surface area contributed by atoms with Crippen molar-refractivity contribution in [3.63, 3.8) is 0 Å². The molecule has 0 aromatic rings. The fraction of sp³-hybridized carbons (Fsp3) is 0.667. The van der Waals surface area contributed by atoms with Crippen molar-refractivity contribution in [3.05, 3.63) is 0 Å². The third-order valence-electron chi connectivity index (χ3n) is 1.45. The molecule has 0 amide bonds. The summed E-state index contributed by atoms with van der Waals surface area (Å²) < 4.78 is 0. The number of aliphatic imine (C=N–C) groups is 1. The Labute approximate surface area is 69.3 Å². The predicted octanol–water partition coefficient (Wildman–Crippen LogP) is 1.73. The Morgan fingerprint density at radius 3 is 2.00 bits per heavy atom. The minimum absolute atomic E-state index is 0.0433. The second-order valence-corrected chi connectivity index (χ2v) is 3.41. The van der Waals surface area contributed by atoms with Gasteiger partial charge in [-0.2, -0.15) is 0 Å². The summed E-state index contributed by atoms with van der Waals surface area (Å²) in [5, 5.41) is 0. The van der Waals surface area contributed by atoms with Gasteiger partial charge in [-0.25, -0.2) is 0 Å². The first-order valence-electron chi connectivity index (χ1n) is 3.63. The zero-order valence-corrected chi connectivity index (χ0v) is 7.97. The van der Waals surface area contributed by atoms with Crippen molar-refractivity contribution < 1.29 is 0 Å². The molecule has 0 radical (unpaired) electrons. The molecule has 62 valence electrons. The van der Waals surface area contributed by atoms with Crippen molar-refractivity contribution in [2.24, 2.45) is 4.99 Å². The number of rotatable bonds is 0. The highest BCUT2D eigenvalue weighted by Crippen LogP contribution is 2.11. The van der Waals surface area contributed by atoms with Gasteiger partial charge in [0.1, 0.15) is 5.84 Å². The molecular formula is C9H16N2. The van der Waals surface area contributed by atoms with Gasteiger partial charge in [0, 0.05) is 18.6 Å². The lowest BCUT2D eigenvalue weighted by Gasteiger charge is -2.31. The minimum atomic E-state index is -0.0433. The third-order valence-corrected chi connectivity index (χ3v) is 1.45. The largest absolute Gasteiger partial charge is 0.285 e. The number of terminal acetylenes is 1. The van der Waals surface area contributed by atoms with Crippen LogP contribution in [0.2, 0.25) is 0 Å². The van der Waals surface area contributed by atoms with E-state index in [-0.39, 0.29) is 5.54 Å². The highest BCUT2D eigenvalue weighted by Gasteiger charge is 2.19. The van der Waals surface area contributed by atoms with E-state index >= 15 is 0 Å². The summed E-state index contributed by atoms with van der Waals surface area (Å²) in [5.41, 5.74) is -0.0433. The molecule has 0 spiro atoms. The first kappa shape index (κ1) is 10.0. The van der Waals surface area contributed by atoms with Crippen LogP contribution in [0.4, 0.5) is 0 Å². The molecule has 2 heteroatoms. The molecule has 0 saturated heterocycles. The molecule has 0 atom stereocenters. The maximum Gasteiger partial charge on any atom is 0.107 e. The fourth-order valence-electron chi connectivity index (χ4n) is 0.872. The predicted molar refractivity (Wildman–Crippen MR) is 49.5 cm³/mol. The number of hydrogen-bond donors (Lipinski definition) is 0. The summed E-state index contributed by atoms with van der Waals surface area (Å²) >= 11 is 0. The SMILES string of the molecule is C#CN(C(C)=NC)C(C)(C)C. The first-order valence-corrected chi connectivity index (χ1v) is 3.63. The van der Waals surface area contributed by atoms with Crippen LogP contribution in [0.1, 0.15) is 27.7 Å². The lowest BCUT2D eigenvalue weighted by atomic mass is 10.1. The van der Waals surface area contributed by atoms with Gasteiger partial charge < -0.3 is 0 Å². The Morgan fingerprint density at radius 2 is 1.91 bits per heavy atom. The van der Waals surface area contributed by atoms with Gasteiger partial charge in [0.15, 0.2) is 0 Å². The summed E-state index contributed by atoms with van der Waals surface area (Å²) in [7, 11) is 1.74. The van der Waals surface area contributed by atoms with Gasteiger partial charge >= 0.3 is 0 Å². The molecule has 0 aliphatic heterocycles. The summed E-state index contributed by atoms with van der Waals surface area (Å²) in [4.78, 5) is 5.84. The smallest absolute Gasteiger partial charge is 0.107 e. The van der Waals surface area contributed by atoms with Crippen LogP contribution >= 0.6 is 0 Å². The monoisotopic (exact) mass is 152 g/mol.